The molecular formula is C19H18N2O4S. The molecule has 0 aliphatic heterocycles. The van der Waals surface area contributed by atoms with Gasteiger partial charge in [0.25, 0.3) is 0 Å². The van der Waals surface area contributed by atoms with E-state index in [1.54, 1.807) is 24.3 Å². The topological polar surface area (TPSA) is 89.3 Å². The van der Waals surface area contributed by atoms with Crippen molar-refractivity contribution in [2.45, 2.75) is 17.9 Å². The van der Waals surface area contributed by atoms with Crippen LogP contribution in [0.15, 0.2) is 76.1 Å². The summed E-state index contributed by atoms with van der Waals surface area (Å²) >= 11 is 0. The van der Waals surface area contributed by atoms with Crippen molar-refractivity contribution in [1.29, 1.82) is 0 Å². The van der Waals surface area contributed by atoms with Crippen LogP contribution in [0, 0.1) is 0 Å². The van der Waals surface area contributed by atoms with Crippen LogP contribution in [0.1, 0.15) is 12.1 Å². The summed E-state index contributed by atoms with van der Waals surface area (Å²) in [5.74, 6) is 0.0204. The van der Waals surface area contributed by atoms with Gasteiger partial charge in [-0.1, -0.05) is 53.7 Å². The van der Waals surface area contributed by atoms with Gasteiger partial charge in [-0.25, -0.2) is 8.42 Å². The van der Waals surface area contributed by atoms with Crippen LogP contribution in [0.2, 0.25) is 0 Å². The Morgan fingerprint density at radius 2 is 1.65 bits per heavy atom. The molecule has 1 heterocycles. The van der Waals surface area contributed by atoms with Gasteiger partial charge in [0.15, 0.2) is 15.6 Å². The molecule has 0 aliphatic carbocycles. The van der Waals surface area contributed by atoms with E-state index in [1.807, 2.05) is 30.3 Å². The fourth-order valence-corrected chi connectivity index (χ4v) is 3.65. The molecule has 1 N–H and O–H groups in total. The van der Waals surface area contributed by atoms with Crippen molar-refractivity contribution in [2.24, 2.45) is 0 Å². The summed E-state index contributed by atoms with van der Waals surface area (Å²) in [4.78, 5) is 12.2. The summed E-state index contributed by atoms with van der Waals surface area (Å²) in [5.41, 5.74) is 1.47. The molecule has 0 unspecified atom stereocenters. The first kappa shape index (κ1) is 17.9. The Hall–Kier alpha value is -2.93. The van der Waals surface area contributed by atoms with Gasteiger partial charge in [-0.3, -0.25) is 4.79 Å². The Morgan fingerprint density at radius 3 is 2.35 bits per heavy atom. The zero-order valence-electron chi connectivity index (χ0n) is 14.0. The molecule has 1 amide bonds. The van der Waals surface area contributed by atoms with Crippen molar-refractivity contribution in [3.05, 3.63) is 72.4 Å². The van der Waals surface area contributed by atoms with Gasteiger partial charge >= 0.3 is 0 Å². The summed E-state index contributed by atoms with van der Waals surface area (Å²) in [7, 11) is -3.47. The maximum atomic E-state index is 12.2. The van der Waals surface area contributed by atoms with E-state index < -0.39 is 9.84 Å². The van der Waals surface area contributed by atoms with Crippen molar-refractivity contribution >= 4 is 15.7 Å². The number of nitrogens with zero attached hydrogens (tertiary/aromatic N) is 1. The number of benzene rings is 2. The standard InChI is InChI=1S/C19H18N2O4S/c22-19(11-12-26(23,24)17-9-5-2-6-10-17)20-14-16-13-18(25-21-16)15-7-3-1-4-8-15/h1-10,13H,11-12,14H2,(H,20,22). The number of aromatic nitrogens is 1. The van der Waals surface area contributed by atoms with Crippen LogP contribution in [0.4, 0.5) is 0 Å². The molecule has 6 nitrogen and oxygen atoms in total. The molecule has 26 heavy (non-hydrogen) atoms. The molecule has 0 saturated carbocycles. The SMILES string of the molecule is O=C(CCS(=O)(=O)c1ccccc1)NCc1cc(-c2ccccc2)on1. The highest BCUT2D eigenvalue weighted by Crippen LogP contribution is 2.19. The van der Waals surface area contributed by atoms with Crippen LogP contribution in [0.5, 0.6) is 0 Å². The Bertz CT molecular complexity index is 967. The number of carbonyl (C=O) groups excluding carboxylic acids is 1. The molecule has 0 radical (unpaired) electrons. The first-order chi connectivity index (χ1) is 12.5. The number of rotatable bonds is 7. The largest absolute Gasteiger partial charge is 0.356 e. The predicted octanol–water partition coefficient (Wildman–Crippen LogP) is 2.82. The van der Waals surface area contributed by atoms with Crippen molar-refractivity contribution in [3.8, 4) is 11.3 Å². The van der Waals surface area contributed by atoms with Crippen molar-refractivity contribution < 1.29 is 17.7 Å². The molecular weight excluding hydrogens is 352 g/mol. The lowest BCUT2D eigenvalue weighted by atomic mass is 10.2. The van der Waals surface area contributed by atoms with Crippen molar-refractivity contribution in [3.63, 3.8) is 0 Å². The van der Waals surface area contributed by atoms with E-state index in [-0.39, 0.29) is 29.5 Å². The highest BCUT2D eigenvalue weighted by atomic mass is 32.2. The third-order valence-electron chi connectivity index (χ3n) is 3.78. The molecule has 0 spiro atoms. The van der Waals surface area contributed by atoms with E-state index in [4.69, 9.17) is 4.52 Å². The molecule has 0 bridgehead atoms. The maximum absolute atomic E-state index is 12.2. The summed E-state index contributed by atoms with van der Waals surface area (Å²) in [6.07, 6.45) is -0.110. The second-order valence-electron chi connectivity index (χ2n) is 5.71. The average Bonchev–Trinajstić information content (AvgIpc) is 3.15. The fourth-order valence-electron chi connectivity index (χ4n) is 2.38. The third kappa shape index (κ3) is 4.58. The number of nitrogens with one attached hydrogen (secondary N) is 1. The molecule has 3 aromatic rings. The van der Waals surface area contributed by atoms with Crippen LogP contribution in [0.25, 0.3) is 11.3 Å². The van der Waals surface area contributed by atoms with Gasteiger partial charge in [0, 0.05) is 18.1 Å². The molecule has 134 valence electrons. The van der Waals surface area contributed by atoms with Gasteiger partial charge in [0.1, 0.15) is 5.69 Å². The second-order valence-corrected chi connectivity index (χ2v) is 7.82. The van der Waals surface area contributed by atoms with Crippen LogP contribution in [0.3, 0.4) is 0 Å². The number of carbonyl (C=O) groups is 1. The van der Waals surface area contributed by atoms with Gasteiger partial charge in [-0.15, -0.1) is 0 Å². The number of amides is 1. The first-order valence-corrected chi connectivity index (χ1v) is 9.75. The highest BCUT2D eigenvalue weighted by Gasteiger charge is 2.16. The van der Waals surface area contributed by atoms with Crippen LogP contribution >= 0.6 is 0 Å². The lowest BCUT2D eigenvalue weighted by molar-refractivity contribution is -0.120. The lowest BCUT2D eigenvalue weighted by Gasteiger charge is -2.05. The van der Waals surface area contributed by atoms with E-state index in [9.17, 15) is 13.2 Å². The Balaban J connectivity index is 1.51. The maximum Gasteiger partial charge on any atom is 0.221 e. The number of sulfone groups is 1. The summed E-state index contributed by atoms with van der Waals surface area (Å²) in [5, 5.41) is 6.57. The van der Waals surface area contributed by atoms with Gasteiger partial charge in [0.05, 0.1) is 17.2 Å². The van der Waals surface area contributed by atoms with Gasteiger partial charge in [-0.2, -0.15) is 0 Å². The van der Waals surface area contributed by atoms with Gasteiger partial charge < -0.3 is 9.84 Å². The first-order valence-electron chi connectivity index (χ1n) is 8.10. The van der Waals surface area contributed by atoms with E-state index in [0.29, 0.717) is 11.5 Å². The van der Waals surface area contributed by atoms with Gasteiger partial charge in [-0.05, 0) is 12.1 Å². The summed E-state index contributed by atoms with van der Waals surface area (Å²) < 4.78 is 29.6. The molecule has 1 aromatic heterocycles. The van der Waals surface area contributed by atoms with E-state index >= 15 is 0 Å². The number of hydrogen-bond donors (Lipinski definition) is 1. The molecule has 0 saturated heterocycles. The van der Waals surface area contributed by atoms with E-state index in [0.717, 1.165) is 5.56 Å². The van der Waals surface area contributed by atoms with Crippen LogP contribution in [-0.4, -0.2) is 25.2 Å². The molecule has 3 rings (SSSR count). The fraction of sp³-hybridized carbons (Fsp3) is 0.158. The monoisotopic (exact) mass is 370 g/mol. The highest BCUT2D eigenvalue weighted by molar-refractivity contribution is 7.91. The normalized spacial score (nSPS) is 11.2. The lowest BCUT2D eigenvalue weighted by Crippen LogP contribution is -2.25. The summed E-state index contributed by atoms with van der Waals surface area (Å²) in [6, 6.07) is 19.3. The molecule has 7 heteroatoms. The molecule has 0 fully saturated rings. The average molecular weight is 370 g/mol. The molecule has 0 aliphatic rings. The minimum absolute atomic E-state index is 0.110. The van der Waals surface area contributed by atoms with Gasteiger partial charge in [0.2, 0.25) is 5.91 Å². The third-order valence-corrected chi connectivity index (χ3v) is 5.52. The summed E-state index contributed by atoms with van der Waals surface area (Å²) in [6.45, 7) is 0.181. The smallest absolute Gasteiger partial charge is 0.221 e. The Labute approximate surface area is 151 Å². The quantitative estimate of drug-likeness (QED) is 0.691. The molecule has 2 aromatic carbocycles. The minimum atomic E-state index is -3.47. The predicted molar refractivity (Wildman–Crippen MR) is 96.9 cm³/mol. The Morgan fingerprint density at radius 1 is 1.00 bits per heavy atom. The second kappa shape index (κ2) is 7.97. The zero-order valence-corrected chi connectivity index (χ0v) is 14.8. The zero-order chi connectivity index (χ0) is 18.4. The van der Waals surface area contributed by atoms with Crippen molar-refractivity contribution in [1.82, 2.24) is 10.5 Å². The Kier molecular flexibility index (Phi) is 5.48. The van der Waals surface area contributed by atoms with Crippen molar-refractivity contribution in [2.75, 3.05) is 5.75 Å². The molecule has 0 atom stereocenters. The minimum Gasteiger partial charge on any atom is -0.356 e. The van der Waals surface area contributed by atoms with Crippen LogP contribution < -0.4 is 5.32 Å². The number of hydrogen-bond acceptors (Lipinski definition) is 5. The van der Waals surface area contributed by atoms with Crippen LogP contribution in [-0.2, 0) is 21.2 Å². The van der Waals surface area contributed by atoms with E-state index in [2.05, 4.69) is 10.5 Å². The van der Waals surface area contributed by atoms with E-state index in [1.165, 1.54) is 12.1 Å².